The molecule has 1 aromatic heterocycles. The number of hydrogen-bond donors (Lipinski definition) is 0. The van der Waals surface area contributed by atoms with Crippen molar-refractivity contribution in [3.8, 4) is 5.75 Å². The first-order chi connectivity index (χ1) is 5.59. The maximum Gasteiger partial charge on any atom is 0.202 e. The van der Waals surface area contributed by atoms with Gasteiger partial charge in [0.05, 0.1) is 6.10 Å². The van der Waals surface area contributed by atoms with E-state index in [2.05, 4.69) is 0 Å². The maximum atomic E-state index is 10.7. The van der Waals surface area contributed by atoms with Crippen LogP contribution in [0.5, 0.6) is 5.75 Å². The molecule has 0 aromatic carbocycles. The first kappa shape index (κ1) is 9.13. The number of hydrogen-bond acceptors (Lipinski definition) is 2. The zero-order valence-corrected chi connectivity index (χ0v) is 7.71. The van der Waals surface area contributed by atoms with Gasteiger partial charge in [-0.3, -0.25) is 0 Å². The van der Waals surface area contributed by atoms with Gasteiger partial charge in [0.2, 0.25) is 6.20 Å². The smallest absolute Gasteiger partial charge is 0.202 e. The third-order valence-corrected chi connectivity index (χ3v) is 1.50. The molecule has 0 fully saturated rings. The SMILES string of the molecule is CC(C)Oc1cc[n+]([O-])cc1Cl. The predicted octanol–water partition coefficient (Wildman–Crippen LogP) is 1.76. The lowest BCUT2D eigenvalue weighted by molar-refractivity contribution is -0.605. The highest BCUT2D eigenvalue weighted by Crippen LogP contribution is 2.22. The Morgan fingerprint density at radius 1 is 1.58 bits per heavy atom. The van der Waals surface area contributed by atoms with Gasteiger partial charge in [-0.2, -0.15) is 4.73 Å². The summed E-state index contributed by atoms with van der Waals surface area (Å²) < 4.78 is 5.95. The van der Waals surface area contributed by atoms with Gasteiger partial charge in [-0.1, -0.05) is 11.6 Å². The van der Waals surface area contributed by atoms with Crippen molar-refractivity contribution >= 4 is 11.6 Å². The average molecular weight is 188 g/mol. The van der Waals surface area contributed by atoms with E-state index >= 15 is 0 Å². The van der Waals surface area contributed by atoms with E-state index < -0.39 is 0 Å². The van der Waals surface area contributed by atoms with E-state index in [9.17, 15) is 5.21 Å². The zero-order valence-electron chi connectivity index (χ0n) is 6.95. The third kappa shape index (κ3) is 2.27. The van der Waals surface area contributed by atoms with E-state index in [0.29, 0.717) is 15.5 Å². The van der Waals surface area contributed by atoms with Gasteiger partial charge in [0.15, 0.2) is 6.20 Å². The van der Waals surface area contributed by atoms with Crippen LogP contribution < -0.4 is 9.47 Å². The van der Waals surface area contributed by atoms with Crippen molar-refractivity contribution in [3.05, 3.63) is 28.7 Å². The Morgan fingerprint density at radius 2 is 2.25 bits per heavy atom. The van der Waals surface area contributed by atoms with E-state index in [1.165, 1.54) is 12.4 Å². The number of halogens is 1. The van der Waals surface area contributed by atoms with Crippen LogP contribution in [-0.4, -0.2) is 6.10 Å². The first-order valence-electron chi connectivity index (χ1n) is 3.64. The third-order valence-electron chi connectivity index (χ3n) is 1.21. The van der Waals surface area contributed by atoms with E-state index in [4.69, 9.17) is 16.3 Å². The van der Waals surface area contributed by atoms with Crippen molar-refractivity contribution in [1.29, 1.82) is 0 Å². The van der Waals surface area contributed by atoms with Crippen molar-refractivity contribution in [2.24, 2.45) is 0 Å². The molecular formula is C8H10ClNO2. The minimum Gasteiger partial charge on any atom is -0.619 e. The Balaban J connectivity index is 2.86. The molecule has 12 heavy (non-hydrogen) atoms. The van der Waals surface area contributed by atoms with Crippen molar-refractivity contribution in [3.63, 3.8) is 0 Å². The molecule has 0 saturated heterocycles. The lowest BCUT2D eigenvalue weighted by Crippen LogP contribution is -2.24. The topological polar surface area (TPSA) is 36.2 Å². The molecule has 0 radical (unpaired) electrons. The average Bonchev–Trinajstić information content (AvgIpc) is 1.94. The van der Waals surface area contributed by atoms with Crippen LogP contribution in [0.3, 0.4) is 0 Å². The van der Waals surface area contributed by atoms with Crippen molar-refractivity contribution in [1.82, 2.24) is 0 Å². The summed E-state index contributed by atoms with van der Waals surface area (Å²) in [5, 5.41) is 11.0. The minimum atomic E-state index is 0.0602. The maximum absolute atomic E-state index is 10.7. The number of pyridine rings is 1. The van der Waals surface area contributed by atoms with Crippen LogP contribution >= 0.6 is 11.6 Å². The molecular weight excluding hydrogens is 178 g/mol. The summed E-state index contributed by atoms with van der Waals surface area (Å²) in [4.78, 5) is 0. The Morgan fingerprint density at radius 3 is 2.75 bits per heavy atom. The quantitative estimate of drug-likeness (QED) is 0.523. The molecule has 0 amide bonds. The summed E-state index contributed by atoms with van der Waals surface area (Å²) >= 11 is 5.73. The molecule has 0 spiro atoms. The number of nitrogens with zero attached hydrogens (tertiary/aromatic N) is 1. The molecule has 0 atom stereocenters. The van der Waals surface area contributed by atoms with Crippen LogP contribution in [-0.2, 0) is 0 Å². The van der Waals surface area contributed by atoms with Crippen LogP contribution in [0.15, 0.2) is 18.5 Å². The number of rotatable bonds is 2. The fourth-order valence-electron chi connectivity index (χ4n) is 0.789. The van der Waals surface area contributed by atoms with Gasteiger partial charge in [-0.05, 0) is 13.8 Å². The summed E-state index contributed by atoms with van der Waals surface area (Å²) in [6, 6.07) is 1.55. The van der Waals surface area contributed by atoms with Crippen molar-refractivity contribution in [2.75, 3.05) is 0 Å². The van der Waals surface area contributed by atoms with Crippen LogP contribution in [0.25, 0.3) is 0 Å². The highest BCUT2D eigenvalue weighted by molar-refractivity contribution is 6.31. The summed E-state index contributed by atoms with van der Waals surface area (Å²) in [6.45, 7) is 3.79. The van der Waals surface area contributed by atoms with Gasteiger partial charge in [0.1, 0.15) is 10.8 Å². The lowest BCUT2D eigenvalue weighted by Gasteiger charge is -2.09. The zero-order chi connectivity index (χ0) is 9.14. The molecule has 0 N–H and O–H groups in total. The second kappa shape index (κ2) is 3.63. The Labute approximate surface area is 76.1 Å². The molecule has 1 aromatic rings. The van der Waals surface area contributed by atoms with Crippen LogP contribution in [0.1, 0.15) is 13.8 Å². The fraction of sp³-hybridized carbons (Fsp3) is 0.375. The minimum absolute atomic E-state index is 0.0602. The normalized spacial score (nSPS) is 10.3. The molecule has 0 saturated carbocycles. The number of aromatic nitrogens is 1. The Kier molecular flexibility index (Phi) is 2.76. The molecule has 66 valence electrons. The van der Waals surface area contributed by atoms with Crippen LogP contribution in [0.4, 0.5) is 0 Å². The largest absolute Gasteiger partial charge is 0.619 e. The van der Waals surface area contributed by atoms with E-state index in [1.807, 2.05) is 13.8 Å². The molecule has 0 aliphatic rings. The Hall–Kier alpha value is -0.960. The monoisotopic (exact) mass is 187 g/mol. The summed E-state index contributed by atoms with van der Waals surface area (Å²) in [7, 11) is 0. The molecule has 0 aliphatic heterocycles. The van der Waals surface area contributed by atoms with Crippen molar-refractivity contribution in [2.45, 2.75) is 20.0 Å². The van der Waals surface area contributed by atoms with E-state index in [1.54, 1.807) is 6.07 Å². The predicted molar refractivity (Wildman–Crippen MR) is 46.2 cm³/mol. The lowest BCUT2D eigenvalue weighted by atomic mass is 10.4. The standard InChI is InChI=1S/C8H10ClNO2/c1-6(2)12-8-3-4-10(11)5-7(8)9/h3-6H,1-2H3. The fourth-order valence-corrected chi connectivity index (χ4v) is 0.992. The molecule has 1 heterocycles. The van der Waals surface area contributed by atoms with Gasteiger partial charge in [0.25, 0.3) is 0 Å². The molecule has 1 rings (SSSR count). The van der Waals surface area contributed by atoms with Crippen molar-refractivity contribution < 1.29 is 9.47 Å². The highest BCUT2D eigenvalue weighted by Gasteiger charge is 2.06. The van der Waals surface area contributed by atoms with E-state index in [0.717, 1.165) is 0 Å². The summed E-state index contributed by atoms with van der Waals surface area (Å²) in [5.41, 5.74) is 0. The summed E-state index contributed by atoms with van der Waals surface area (Å²) in [5.74, 6) is 0.541. The van der Waals surface area contributed by atoms with Gasteiger partial charge < -0.3 is 9.94 Å². The molecule has 0 aliphatic carbocycles. The number of ether oxygens (including phenoxy) is 1. The van der Waals surface area contributed by atoms with Crippen LogP contribution in [0.2, 0.25) is 5.02 Å². The first-order valence-corrected chi connectivity index (χ1v) is 4.02. The van der Waals surface area contributed by atoms with Crippen LogP contribution in [0, 0.1) is 5.21 Å². The van der Waals surface area contributed by atoms with Gasteiger partial charge in [0, 0.05) is 6.07 Å². The van der Waals surface area contributed by atoms with Gasteiger partial charge >= 0.3 is 0 Å². The molecule has 4 heteroatoms. The molecule has 0 bridgehead atoms. The van der Waals surface area contributed by atoms with E-state index in [-0.39, 0.29) is 6.10 Å². The molecule has 0 unspecified atom stereocenters. The second-order valence-electron chi connectivity index (χ2n) is 2.68. The van der Waals surface area contributed by atoms with Gasteiger partial charge in [-0.15, -0.1) is 0 Å². The van der Waals surface area contributed by atoms with Gasteiger partial charge in [-0.25, -0.2) is 0 Å². The highest BCUT2D eigenvalue weighted by atomic mass is 35.5. The summed E-state index contributed by atoms with van der Waals surface area (Å²) in [6.07, 6.45) is 2.67. The molecule has 3 nitrogen and oxygen atoms in total. The Bertz CT molecular complexity index is 276. The second-order valence-corrected chi connectivity index (χ2v) is 3.09.